The van der Waals surface area contributed by atoms with Crippen LogP contribution in [0, 0.1) is 0 Å². The van der Waals surface area contributed by atoms with Gasteiger partial charge >= 0.3 is 0 Å². The van der Waals surface area contributed by atoms with Gasteiger partial charge in [0.25, 0.3) is 0 Å². The second-order valence-electron chi connectivity index (χ2n) is 6.15. The van der Waals surface area contributed by atoms with Crippen molar-refractivity contribution < 1.29 is 9.90 Å². The van der Waals surface area contributed by atoms with E-state index in [0.717, 1.165) is 10.6 Å². The van der Waals surface area contributed by atoms with Crippen LogP contribution in [0.15, 0.2) is 41.9 Å². The number of aliphatic hydroxyl groups is 1. The van der Waals surface area contributed by atoms with E-state index in [0.29, 0.717) is 6.54 Å². The summed E-state index contributed by atoms with van der Waals surface area (Å²) in [5, 5.41) is 15.5. The minimum absolute atomic E-state index is 0.0756. The summed E-state index contributed by atoms with van der Waals surface area (Å²) in [5.41, 5.74) is 1.01. The zero-order valence-electron chi connectivity index (χ0n) is 14.3. The molecule has 0 saturated heterocycles. The van der Waals surface area contributed by atoms with E-state index in [-0.39, 0.29) is 24.5 Å². The lowest BCUT2D eigenvalue weighted by atomic mass is 10.1. The Bertz CT molecular complexity index is 614. The minimum Gasteiger partial charge on any atom is -0.392 e. The number of amides is 1. The second-order valence-corrected chi connectivity index (χ2v) is 7.08. The summed E-state index contributed by atoms with van der Waals surface area (Å²) in [5.74, 6) is -0.0756. The van der Waals surface area contributed by atoms with Crippen LogP contribution >= 0.6 is 11.3 Å². The second kappa shape index (κ2) is 8.92. The van der Waals surface area contributed by atoms with Crippen molar-refractivity contribution in [3.63, 3.8) is 0 Å². The van der Waals surface area contributed by atoms with Gasteiger partial charge in [-0.2, -0.15) is 0 Å². The molecule has 0 radical (unpaired) electrons. The van der Waals surface area contributed by atoms with E-state index in [1.165, 1.54) is 11.3 Å². The van der Waals surface area contributed by atoms with Gasteiger partial charge in [-0.15, -0.1) is 11.3 Å². The maximum atomic E-state index is 12.6. The fourth-order valence-electron chi connectivity index (χ4n) is 2.50. The van der Waals surface area contributed by atoms with E-state index in [9.17, 15) is 9.90 Å². The van der Waals surface area contributed by atoms with Crippen molar-refractivity contribution in [2.75, 3.05) is 13.1 Å². The number of carbonyl (C=O) groups is 1. The maximum absolute atomic E-state index is 12.6. The van der Waals surface area contributed by atoms with E-state index in [2.05, 4.69) is 10.3 Å². The van der Waals surface area contributed by atoms with Crippen LogP contribution < -0.4 is 5.32 Å². The first-order valence-corrected chi connectivity index (χ1v) is 9.01. The van der Waals surface area contributed by atoms with Crippen LogP contribution in [0.3, 0.4) is 0 Å². The van der Waals surface area contributed by atoms with Crippen LogP contribution in [-0.4, -0.2) is 46.1 Å². The Labute approximate surface area is 147 Å². The molecule has 0 aliphatic heterocycles. The predicted molar refractivity (Wildman–Crippen MR) is 96.9 cm³/mol. The van der Waals surface area contributed by atoms with Gasteiger partial charge in [0.05, 0.1) is 12.6 Å². The molecule has 2 N–H and O–H groups in total. The molecule has 0 aliphatic rings. The van der Waals surface area contributed by atoms with Gasteiger partial charge in [-0.1, -0.05) is 30.3 Å². The zero-order valence-corrected chi connectivity index (χ0v) is 15.2. The fraction of sp³-hybridized carbons (Fsp3) is 0.444. The Hall–Kier alpha value is -1.76. The Kier molecular flexibility index (Phi) is 6.90. The highest BCUT2D eigenvalue weighted by molar-refractivity contribution is 7.09. The number of benzene rings is 1. The first kappa shape index (κ1) is 18.6. The largest absolute Gasteiger partial charge is 0.392 e. The number of hydrogen-bond donors (Lipinski definition) is 2. The number of thiazole rings is 1. The van der Waals surface area contributed by atoms with E-state index in [1.807, 2.05) is 54.5 Å². The molecule has 1 heterocycles. The van der Waals surface area contributed by atoms with Gasteiger partial charge in [0.15, 0.2) is 0 Å². The molecule has 24 heavy (non-hydrogen) atoms. The highest BCUT2D eigenvalue weighted by Gasteiger charge is 2.22. The summed E-state index contributed by atoms with van der Waals surface area (Å²) in [6.07, 6.45) is 1.28. The Morgan fingerprint density at radius 3 is 2.54 bits per heavy atom. The lowest BCUT2D eigenvalue weighted by Crippen LogP contribution is -2.44. The fourth-order valence-corrected chi connectivity index (χ4v) is 3.21. The van der Waals surface area contributed by atoms with Crippen LogP contribution in [0.2, 0.25) is 0 Å². The van der Waals surface area contributed by atoms with Crippen LogP contribution in [0.25, 0.3) is 0 Å². The summed E-state index contributed by atoms with van der Waals surface area (Å²) in [7, 11) is 0. The topological polar surface area (TPSA) is 65.5 Å². The van der Waals surface area contributed by atoms with Crippen molar-refractivity contribution in [1.29, 1.82) is 0 Å². The molecule has 0 fully saturated rings. The highest BCUT2D eigenvalue weighted by atomic mass is 32.1. The van der Waals surface area contributed by atoms with E-state index in [4.69, 9.17) is 0 Å². The van der Waals surface area contributed by atoms with E-state index >= 15 is 0 Å². The third-order valence-electron chi connectivity index (χ3n) is 3.71. The zero-order chi connectivity index (χ0) is 17.5. The first-order chi connectivity index (χ1) is 11.5. The molecule has 0 saturated carbocycles. The average molecular weight is 347 g/mol. The summed E-state index contributed by atoms with van der Waals surface area (Å²) in [6.45, 7) is 6.49. The predicted octanol–water partition coefficient (Wildman–Crippen LogP) is 2.44. The molecular formula is C18H25N3O2S. The van der Waals surface area contributed by atoms with Gasteiger partial charge in [0, 0.05) is 24.2 Å². The van der Waals surface area contributed by atoms with Crippen LogP contribution in [0.1, 0.15) is 37.4 Å². The third-order valence-corrected chi connectivity index (χ3v) is 4.55. The lowest BCUT2D eigenvalue weighted by Gasteiger charge is -2.28. The van der Waals surface area contributed by atoms with Crippen LogP contribution in [0.5, 0.6) is 0 Å². The minimum atomic E-state index is -0.468. The highest BCUT2D eigenvalue weighted by Crippen LogP contribution is 2.23. The molecule has 0 spiro atoms. The van der Waals surface area contributed by atoms with Gasteiger partial charge in [-0.25, -0.2) is 4.98 Å². The molecule has 1 aromatic heterocycles. The van der Waals surface area contributed by atoms with E-state index < -0.39 is 6.10 Å². The molecule has 2 unspecified atom stereocenters. The summed E-state index contributed by atoms with van der Waals surface area (Å²) in [4.78, 5) is 18.9. The smallest absolute Gasteiger partial charge is 0.235 e. The van der Waals surface area contributed by atoms with Gasteiger partial charge in [0.1, 0.15) is 11.0 Å². The van der Waals surface area contributed by atoms with Crippen molar-refractivity contribution in [3.05, 3.63) is 52.5 Å². The number of rotatable bonds is 8. The number of nitrogens with one attached hydrogen (secondary N) is 1. The molecule has 1 amide bonds. The molecule has 130 valence electrons. The van der Waals surface area contributed by atoms with Crippen LogP contribution in [-0.2, 0) is 4.79 Å². The van der Waals surface area contributed by atoms with Crippen molar-refractivity contribution in [3.8, 4) is 0 Å². The molecule has 2 atom stereocenters. The Morgan fingerprint density at radius 1 is 1.29 bits per heavy atom. The molecular weight excluding hydrogens is 322 g/mol. The number of aliphatic hydroxyl groups excluding tert-OH is 1. The van der Waals surface area contributed by atoms with Crippen LogP contribution in [0.4, 0.5) is 0 Å². The Morgan fingerprint density at radius 2 is 2.00 bits per heavy atom. The van der Waals surface area contributed by atoms with Gasteiger partial charge < -0.3 is 10.4 Å². The molecule has 5 nitrogen and oxygen atoms in total. The SMILES string of the molecule is CC(O)CN(CC(=O)NC(c1ccccc1)c1nccs1)C(C)C. The molecule has 6 heteroatoms. The van der Waals surface area contributed by atoms with Crippen molar-refractivity contribution in [1.82, 2.24) is 15.2 Å². The lowest BCUT2D eigenvalue weighted by molar-refractivity contribution is -0.123. The molecule has 0 bridgehead atoms. The maximum Gasteiger partial charge on any atom is 0.235 e. The molecule has 1 aromatic carbocycles. The van der Waals surface area contributed by atoms with Crippen molar-refractivity contribution in [2.45, 2.75) is 39.0 Å². The van der Waals surface area contributed by atoms with Gasteiger partial charge in [-0.05, 0) is 26.3 Å². The first-order valence-electron chi connectivity index (χ1n) is 8.13. The number of hydrogen-bond acceptors (Lipinski definition) is 5. The number of aromatic nitrogens is 1. The third kappa shape index (κ3) is 5.40. The van der Waals surface area contributed by atoms with E-state index in [1.54, 1.807) is 13.1 Å². The normalized spacial score (nSPS) is 13.9. The molecule has 0 aliphatic carbocycles. The standard InChI is InChI=1S/C18H25N3O2S/c1-13(2)21(11-14(3)22)12-16(23)20-17(18-19-9-10-24-18)15-7-5-4-6-8-15/h4-10,13-14,17,22H,11-12H2,1-3H3,(H,20,23). The number of carbonyl (C=O) groups excluding carboxylic acids is 1. The summed E-state index contributed by atoms with van der Waals surface area (Å²) < 4.78 is 0. The van der Waals surface area contributed by atoms with Gasteiger partial charge in [0.2, 0.25) is 5.91 Å². The summed E-state index contributed by atoms with van der Waals surface area (Å²) in [6, 6.07) is 9.77. The van der Waals surface area contributed by atoms with Crippen molar-refractivity contribution >= 4 is 17.2 Å². The average Bonchev–Trinajstić information content (AvgIpc) is 3.06. The monoisotopic (exact) mass is 347 g/mol. The molecule has 2 aromatic rings. The van der Waals surface area contributed by atoms with Gasteiger partial charge in [-0.3, -0.25) is 9.69 Å². The number of nitrogens with zero attached hydrogens (tertiary/aromatic N) is 2. The van der Waals surface area contributed by atoms with Crippen molar-refractivity contribution in [2.24, 2.45) is 0 Å². The summed E-state index contributed by atoms with van der Waals surface area (Å²) >= 11 is 1.52. The quantitative estimate of drug-likeness (QED) is 0.770. The molecule has 2 rings (SSSR count). The Balaban J connectivity index is 2.10.